The van der Waals surface area contributed by atoms with Gasteiger partial charge in [0.25, 0.3) is 5.91 Å². The summed E-state index contributed by atoms with van der Waals surface area (Å²) in [4.78, 5) is 14.3. The Morgan fingerprint density at radius 1 is 0.970 bits per heavy atom. The van der Waals surface area contributed by atoms with Crippen molar-refractivity contribution >= 4 is 27.5 Å². The number of carbonyl (C=O) groups excluding carboxylic acids is 1. The Morgan fingerprint density at radius 2 is 1.61 bits per heavy atom. The molecule has 1 amide bonds. The van der Waals surface area contributed by atoms with Gasteiger partial charge >= 0.3 is 6.18 Å². The standard InChI is InChI=1S/C20H17ClF3N5O3S/c21-14-5-7-15(8-6-14)33(31,32)28-11-9-27(10-12-28)19(30)17-13-29(26-25-17)18-4-2-1-3-16(18)20(22,23)24/h1-8,13H,9-12H2. The number of sulfonamides is 1. The van der Waals surface area contributed by atoms with E-state index in [9.17, 15) is 26.4 Å². The van der Waals surface area contributed by atoms with Crippen LogP contribution in [0, 0.1) is 0 Å². The number of rotatable bonds is 4. The third kappa shape index (κ3) is 4.72. The van der Waals surface area contributed by atoms with Crippen LogP contribution in [0.15, 0.2) is 59.6 Å². The largest absolute Gasteiger partial charge is 0.418 e. The number of nitrogens with zero attached hydrogens (tertiary/aromatic N) is 5. The summed E-state index contributed by atoms with van der Waals surface area (Å²) in [7, 11) is -3.75. The van der Waals surface area contributed by atoms with Gasteiger partial charge in [-0.1, -0.05) is 28.9 Å². The van der Waals surface area contributed by atoms with Crippen LogP contribution in [0.4, 0.5) is 13.2 Å². The van der Waals surface area contributed by atoms with E-state index >= 15 is 0 Å². The summed E-state index contributed by atoms with van der Waals surface area (Å²) in [6.45, 7) is 0.304. The van der Waals surface area contributed by atoms with Crippen molar-refractivity contribution in [1.29, 1.82) is 0 Å². The van der Waals surface area contributed by atoms with Crippen molar-refractivity contribution in [3.05, 3.63) is 71.0 Å². The first-order valence-electron chi connectivity index (χ1n) is 9.71. The first-order chi connectivity index (χ1) is 15.6. The molecular weight excluding hydrogens is 483 g/mol. The van der Waals surface area contributed by atoms with Gasteiger partial charge in [-0.25, -0.2) is 13.1 Å². The summed E-state index contributed by atoms with van der Waals surface area (Å²) in [6, 6.07) is 10.6. The molecule has 1 fully saturated rings. The van der Waals surface area contributed by atoms with Gasteiger partial charge in [-0.05, 0) is 36.4 Å². The molecule has 1 aliphatic rings. The van der Waals surface area contributed by atoms with Gasteiger partial charge in [0.2, 0.25) is 10.0 Å². The number of piperazine rings is 1. The fourth-order valence-corrected chi connectivity index (χ4v) is 4.99. The van der Waals surface area contributed by atoms with E-state index < -0.39 is 27.7 Å². The second-order valence-corrected chi connectivity index (χ2v) is 9.59. The Hall–Kier alpha value is -2.96. The zero-order chi connectivity index (χ0) is 23.8. The van der Waals surface area contributed by atoms with Gasteiger partial charge in [-0.3, -0.25) is 4.79 Å². The first-order valence-corrected chi connectivity index (χ1v) is 11.5. The van der Waals surface area contributed by atoms with Gasteiger partial charge in [0.05, 0.1) is 22.3 Å². The Bertz CT molecular complexity index is 1270. The molecule has 2 aromatic carbocycles. The minimum absolute atomic E-state index is 0.0573. The minimum Gasteiger partial charge on any atom is -0.335 e. The maximum absolute atomic E-state index is 13.3. The van der Waals surface area contributed by atoms with Crippen LogP contribution >= 0.6 is 11.6 Å². The highest BCUT2D eigenvalue weighted by Gasteiger charge is 2.35. The smallest absolute Gasteiger partial charge is 0.335 e. The second kappa shape index (κ2) is 8.76. The van der Waals surface area contributed by atoms with E-state index in [1.54, 1.807) is 0 Å². The van der Waals surface area contributed by atoms with Crippen molar-refractivity contribution in [3.8, 4) is 5.69 Å². The van der Waals surface area contributed by atoms with E-state index in [4.69, 9.17) is 11.6 Å². The highest BCUT2D eigenvalue weighted by molar-refractivity contribution is 7.89. The van der Waals surface area contributed by atoms with Crippen molar-refractivity contribution in [1.82, 2.24) is 24.2 Å². The van der Waals surface area contributed by atoms with Gasteiger partial charge in [0.15, 0.2) is 5.69 Å². The monoisotopic (exact) mass is 499 g/mol. The molecule has 2 heterocycles. The summed E-state index contributed by atoms with van der Waals surface area (Å²) in [5, 5.41) is 7.82. The Morgan fingerprint density at radius 3 is 2.24 bits per heavy atom. The Balaban J connectivity index is 1.46. The lowest BCUT2D eigenvalue weighted by Crippen LogP contribution is -2.50. The zero-order valence-electron chi connectivity index (χ0n) is 16.9. The molecule has 174 valence electrons. The number of hydrogen-bond acceptors (Lipinski definition) is 5. The van der Waals surface area contributed by atoms with Crippen molar-refractivity contribution in [2.45, 2.75) is 11.1 Å². The molecule has 0 aliphatic carbocycles. The molecule has 13 heteroatoms. The predicted molar refractivity (Wildman–Crippen MR) is 112 cm³/mol. The number of benzene rings is 2. The van der Waals surface area contributed by atoms with E-state index in [2.05, 4.69) is 10.3 Å². The van der Waals surface area contributed by atoms with Gasteiger partial charge in [-0.2, -0.15) is 17.5 Å². The summed E-state index contributed by atoms with van der Waals surface area (Å²) >= 11 is 5.81. The lowest BCUT2D eigenvalue weighted by atomic mass is 10.1. The number of halogens is 4. The quantitative estimate of drug-likeness (QED) is 0.550. The molecule has 8 nitrogen and oxygen atoms in total. The van der Waals surface area contributed by atoms with Crippen molar-refractivity contribution in [2.75, 3.05) is 26.2 Å². The van der Waals surface area contributed by atoms with Crippen LogP contribution in [0.3, 0.4) is 0 Å². The van der Waals surface area contributed by atoms with Gasteiger partial charge in [-0.15, -0.1) is 5.10 Å². The van der Waals surface area contributed by atoms with Crippen LogP contribution < -0.4 is 0 Å². The fourth-order valence-electron chi connectivity index (χ4n) is 3.44. The molecule has 1 aliphatic heterocycles. The molecular formula is C20H17ClF3N5O3S. The Labute approximate surface area is 192 Å². The number of hydrogen-bond donors (Lipinski definition) is 0. The summed E-state index contributed by atoms with van der Waals surface area (Å²) in [6.07, 6.45) is -3.47. The molecule has 1 saturated heterocycles. The Kier molecular flexibility index (Phi) is 6.16. The van der Waals surface area contributed by atoms with Gasteiger partial charge in [0, 0.05) is 31.2 Å². The topological polar surface area (TPSA) is 88.4 Å². The normalized spacial score (nSPS) is 15.6. The second-order valence-electron chi connectivity index (χ2n) is 7.21. The molecule has 0 N–H and O–H groups in total. The SMILES string of the molecule is O=C(c1cn(-c2ccccc2C(F)(F)F)nn1)N1CCN(S(=O)(=O)c2ccc(Cl)cc2)CC1. The highest BCUT2D eigenvalue weighted by atomic mass is 35.5. The molecule has 0 radical (unpaired) electrons. The lowest BCUT2D eigenvalue weighted by Gasteiger charge is -2.33. The molecule has 0 atom stereocenters. The fraction of sp³-hybridized carbons (Fsp3) is 0.250. The van der Waals surface area contributed by atoms with Crippen LogP contribution in [0.25, 0.3) is 5.69 Å². The average Bonchev–Trinajstić information content (AvgIpc) is 3.29. The highest BCUT2D eigenvalue weighted by Crippen LogP contribution is 2.33. The van der Waals surface area contributed by atoms with E-state index in [1.165, 1.54) is 51.7 Å². The van der Waals surface area contributed by atoms with Gasteiger partial charge < -0.3 is 4.90 Å². The number of amides is 1. The number of carbonyl (C=O) groups is 1. The first kappa shape index (κ1) is 23.2. The van der Waals surface area contributed by atoms with E-state index in [0.717, 1.165) is 16.9 Å². The maximum atomic E-state index is 13.3. The number of alkyl halides is 3. The van der Waals surface area contributed by atoms with Crippen molar-refractivity contribution in [3.63, 3.8) is 0 Å². The molecule has 1 aromatic heterocycles. The third-order valence-corrected chi connectivity index (χ3v) is 7.31. The van der Waals surface area contributed by atoms with E-state index in [1.807, 2.05) is 0 Å². The number of aromatic nitrogens is 3. The van der Waals surface area contributed by atoms with E-state index in [-0.39, 0.29) is 42.5 Å². The predicted octanol–water partition coefficient (Wildman–Crippen LogP) is 3.09. The third-order valence-electron chi connectivity index (χ3n) is 5.15. The lowest BCUT2D eigenvalue weighted by molar-refractivity contribution is -0.137. The molecule has 3 aromatic rings. The van der Waals surface area contributed by atoms with Crippen LogP contribution in [0.5, 0.6) is 0 Å². The molecule has 0 unspecified atom stereocenters. The van der Waals surface area contributed by atoms with E-state index in [0.29, 0.717) is 5.02 Å². The molecule has 0 spiro atoms. The minimum atomic E-state index is -4.60. The molecule has 4 rings (SSSR count). The van der Waals surface area contributed by atoms with Gasteiger partial charge in [0.1, 0.15) is 0 Å². The molecule has 33 heavy (non-hydrogen) atoms. The van der Waals surface area contributed by atoms with Crippen LogP contribution in [-0.4, -0.2) is 64.7 Å². The molecule has 0 saturated carbocycles. The van der Waals surface area contributed by atoms with Crippen LogP contribution in [0.1, 0.15) is 16.1 Å². The molecule has 0 bridgehead atoms. The van der Waals surface area contributed by atoms with Crippen molar-refractivity contribution in [2.24, 2.45) is 0 Å². The number of para-hydroxylation sites is 1. The van der Waals surface area contributed by atoms with Crippen molar-refractivity contribution < 1.29 is 26.4 Å². The van der Waals surface area contributed by atoms with Crippen LogP contribution in [-0.2, 0) is 16.2 Å². The zero-order valence-corrected chi connectivity index (χ0v) is 18.5. The summed E-state index contributed by atoms with van der Waals surface area (Å²) < 4.78 is 67.5. The summed E-state index contributed by atoms with van der Waals surface area (Å²) in [5.74, 6) is -0.547. The maximum Gasteiger partial charge on any atom is 0.418 e. The average molecular weight is 500 g/mol. The van der Waals surface area contributed by atoms with Crippen LogP contribution in [0.2, 0.25) is 5.02 Å². The summed E-state index contributed by atoms with van der Waals surface area (Å²) in [5.41, 5.74) is -1.30.